The maximum atomic E-state index is 5.05. The molecule has 1 saturated heterocycles. The van der Waals surface area contributed by atoms with E-state index in [1.54, 1.807) is 7.11 Å². The van der Waals surface area contributed by atoms with E-state index in [1.807, 2.05) is 6.08 Å². The second kappa shape index (κ2) is 7.32. The van der Waals surface area contributed by atoms with Crippen LogP contribution in [0.25, 0.3) is 0 Å². The molecule has 1 heterocycles. The third-order valence-electron chi connectivity index (χ3n) is 1.62. The molecule has 1 unspecified atom stereocenters. The van der Waals surface area contributed by atoms with Crippen LogP contribution < -0.4 is 0 Å². The van der Waals surface area contributed by atoms with E-state index < -0.39 is 0 Å². The van der Waals surface area contributed by atoms with Crippen LogP contribution in [0, 0.1) is 5.92 Å². The van der Waals surface area contributed by atoms with Crippen molar-refractivity contribution in [2.24, 2.45) is 5.92 Å². The molecule has 0 amide bonds. The molecule has 2 heteroatoms. The molecule has 1 aliphatic rings. The lowest BCUT2D eigenvalue weighted by Crippen LogP contribution is -2.30. The number of ether oxygens (including phenoxy) is 2. The lowest BCUT2D eigenvalue weighted by Gasteiger charge is -2.24. The first-order valence-electron chi connectivity index (χ1n) is 4.43. The Labute approximate surface area is 75.6 Å². The van der Waals surface area contributed by atoms with Crippen molar-refractivity contribution in [1.29, 1.82) is 0 Å². The Morgan fingerprint density at radius 2 is 2.17 bits per heavy atom. The summed E-state index contributed by atoms with van der Waals surface area (Å²) in [5.74, 6) is 0.648. The predicted molar refractivity (Wildman–Crippen MR) is 51.3 cm³/mol. The van der Waals surface area contributed by atoms with Crippen LogP contribution in [0.15, 0.2) is 12.7 Å². The molecule has 0 radical (unpaired) electrons. The number of rotatable bonds is 3. The van der Waals surface area contributed by atoms with E-state index in [0.717, 1.165) is 13.2 Å². The molecule has 12 heavy (non-hydrogen) atoms. The lowest BCUT2D eigenvalue weighted by atomic mass is 10.2. The summed E-state index contributed by atoms with van der Waals surface area (Å²) in [6, 6.07) is 0. The van der Waals surface area contributed by atoms with Gasteiger partial charge in [-0.1, -0.05) is 19.9 Å². The molecule has 0 bridgehead atoms. The van der Waals surface area contributed by atoms with Crippen molar-refractivity contribution in [2.75, 3.05) is 20.3 Å². The van der Waals surface area contributed by atoms with Crippen LogP contribution >= 0.6 is 0 Å². The van der Waals surface area contributed by atoms with Gasteiger partial charge in [0.15, 0.2) is 0 Å². The van der Waals surface area contributed by atoms with Crippen molar-refractivity contribution < 1.29 is 9.47 Å². The van der Waals surface area contributed by atoms with E-state index in [-0.39, 0.29) is 0 Å². The number of hydrogen-bond acceptors (Lipinski definition) is 2. The van der Waals surface area contributed by atoms with Crippen molar-refractivity contribution in [3.8, 4) is 0 Å². The van der Waals surface area contributed by atoms with Gasteiger partial charge in [-0.25, -0.2) is 0 Å². The zero-order valence-electron chi connectivity index (χ0n) is 8.38. The standard InChI is InChI=1S/C5H10O2.C5H10/c1-6-4-5-2-3-7-5;1-4-5(2)3/h5H,2-4H2,1H3;4-5H,1H2,2-3H3. The quantitative estimate of drug-likeness (QED) is 0.608. The minimum atomic E-state index is 0.407. The maximum absolute atomic E-state index is 5.05. The molecule has 0 spiro atoms. The van der Waals surface area contributed by atoms with Crippen LogP contribution in [0.3, 0.4) is 0 Å². The largest absolute Gasteiger partial charge is 0.382 e. The molecular weight excluding hydrogens is 152 g/mol. The van der Waals surface area contributed by atoms with Gasteiger partial charge in [-0.15, -0.1) is 6.58 Å². The summed E-state index contributed by atoms with van der Waals surface area (Å²) in [5.41, 5.74) is 0. The molecule has 1 atom stereocenters. The second-order valence-corrected chi connectivity index (χ2v) is 3.22. The van der Waals surface area contributed by atoms with Crippen LogP contribution in [0.4, 0.5) is 0 Å². The normalized spacial score (nSPS) is 20.8. The molecule has 0 aliphatic carbocycles. The van der Waals surface area contributed by atoms with Gasteiger partial charge in [0.2, 0.25) is 0 Å². The first-order valence-corrected chi connectivity index (χ1v) is 4.43. The Morgan fingerprint density at radius 1 is 1.67 bits per heavy atom. The number of methoxy groups -OCH3 is 1. The van der Waals surface area contributed by atoms with Gasteiger partial charge >= 0.3 is 0 Å². The fourth-order valence-electron chi connectivity index (χ4n) is 0.602. The minimum Gasteiger partial charge on any atom is -0.382 e. The van der Waals surface area contributed by atoms with Gasteiger partial charge in [0.25, 0.3) is 0 Å². The van der Waals surface area contributed by atoms with E-state index in [4.69, 9.17) is 9.47 Å². The average Bonchev–Trinajstić information content (AvgIpc) is 1.98. The monoisotopic (exact) mass is 172 g/mol. The van der Waals surface area contributed by atoms with Gasteiger partial charge in [0.1, 0.15) is 0 Å². The SMILES string of the molecule is C=CC(C)C.COCC1CCO1. The summed E-state index contributed by atoms with van der Waals surface area (Å²) in [4.78, 5) is 0. The Morgan fingerprint density at radius 3 is 2.25 bits per heavy atom. The van der Waals surface area contributed by atoms with Crippen molar-refractivity contribution >= 4 is 0 Å². The van der Waals surface area contributed by atoms with Gasteiger partial charge in [0, 0.05) is 13.7 Å². The molecule has 0 saturated carbocycles. The molecule has 2 nitrogen and oxygen atoms in total. The van der Waals surface area contributed by atoms with E-state index in [1.165, 1.54) is 6.42 Å². The summed E-state index contributed by atoms with van der Waals surface area (Å²) in [7, 11) is 1.70. The molecule has 1 aliphatic heterocycles. The zero-order valence-corrected chi connectivity index (χ0v) is 8.38. The molecule has 0 N–H and O–H groups in total. The molecule has 1 rings (SSSR count). The van der Waals surface area contributed by atoms with Crippen LogP contribution in [0.2, 0.25) is 0 Å². The molecule has 1 fully saturated rings. The third kappa shape index (κ3) is 6.38. The van der Waals surface area contributed by atoms with Gasteiger partial charge in [-0.05, 0) is 12.3 Å². The summed E-state index contributed by atoms with van der Waals surface area (Å²) in [6.45, 7) is 9.46. The summed E-state index contributed by atoms with van der Waals surface area (Å²) >= 11 is 0. The smallest absolute Gasteiger partial charge is 0.0830 e. The Bertz CT molecular complexity index is 106. The molecule has 0 aromatic heterocycles. The van der Waals surface area contributed by atoms with Crippen LogP contribution in [0.5, 0.6) is 0 Å². The van der Waals surface area contributed by atoms with E-state index >= 15 is 0 Å². The van der Waals surface area contributed by atoms with Gasteiger partial charge in [0.05, 0.1) is 12.7 Å². The van der Waals surface area contributed by atoms with E-state index in [9.17, 15) is 0 Å². The fourth-order valence-corrected chi connectivity index (χ4v) is 0.602. The van der Waals surface area contributed by atoms with Crippen LogP contribution in [-0.4, -0.2) is 26.4 Å². The molecule has 0 aromatic rings. The van der Waals surface area contributed by atoms with Gasteiger partial charge in [-0.2, -0.15) is 0 Å². The number of allylic oxidation sites excluding steroid dienone is 1. The maximum Gasteiger partial charge on any atom is 0.0830 e. The molecular formula is C10H20O2. The summed E-state index contributed by atoms with van der Waals surface area (Å²) in [5, 5.41) is 0. The number of hydrogen-bond donors (Lipinski definition) is 0. The predicted octanol–water partition coefficient (Wildman–Crippen LogP) is 2.25. The second-order valence-electron chi connectivity index (χ2n) is 3.22. The van der Waals surface area contributed by atoms with Gasteiger partial charge < -0.3 is 9.47 Å². The summed E-state index contributed by atoms with van der Waals surface area (Å²) < 4.78 is 9.87. The van der Waals surface area contributed by atoms with Crippen molar-refractivity contribution in [1.82, 2.24) is 0 Å². The minimum absolute atomic E-state index is 0.407. The van der Waals surface area contributed by atoms with E-state index in [2.05, 4.69) is 20.4 Å². The third-order valence-corrected chi connectivity index (χ3v) is 1.62. The van der Waals surface area contributed by atoms with Crippen molar-refractivity contribution in [3.05, 3.63) is 12.7 Å². The summed E-state index contributed by atoms with van der Waals surface area (Å²) in [6.07, 6.45) is 3.50. The molecule has 72 valence electrons. The highest BCUT2D eigenvalue weighted by molar-refractivity contribution is 4.69. The van der Waals surface area contributed by atoms with Crippen molar-refractivity contribution in [2.45, 2.75) is 26.4 Å². The lowest BCUT2D eigenvalue weighted by molar-refractivity contribution is -0.0857. The highest BCUT2D eigenvalue weighted by atomic mass is 16.5. The first-order chi connectivity index (χ1) is 5.70. The first kappa shape index (κ1) is 11.7. The topological polar surface area (TPSA) is 18.5 Å². The Balaban J connectivity index is 0.000000217. The van der Waals surface area contributed by atoms with Crippen LogP contribution in [-0.2, 0) is 9.47 Å². The van der Waals surface area contributed by atoms with Crippen molar-refractivity contribution in [3.63, 3.8) is 0 Å². The Hall–Kier alpha value is -0.340. The zero-order chi connectivity index (χ0) is 9.40. The highest BCUT2D eigenvalue weighted by Gasteiger charge is 2.16. The fraction of sp³-hybridized carbons (Fsp3) is 0.800. The van der Waals surface area contributed by atoms with Crippen LogP contribution in [0.1, 0.15) is 20.3 Å². The average molecular weight is 172 g/mol. The Kier molecular flexibility index (Phi) is 7.11. The highest BCUT2D eigenvalue weighted by Crippen LogP contribution is 2.09. The molecule has 0 aromatic carbocycles. The van der Waals surface area contributed by atoms with E-state index in [0.29, 0.717) is 12.0 Å². The van der Waals surface area contributed by atoms with Gasteiger partial charge in [-0.3, -0.25) is 0 Å².